The molecule has 0 aromatic rings. The number of hydrogen-bond donors (Lipinski definition) is 2. The second-order valence-corrected chi connectivity index (χ2v) is 4.68. The van der Waals surface area contributed by atoms with Crippen LogP contribution in [0, 0.1) is 0 Å². The van der Waals surface area contributed by atoms with Crippen LogP contribution >= 0.6 is 0 Å². The van der Waals surface area contributed by atoms with Gasteiger partial charge in [-0.2, -0.15) is 0 Å². The van der Waals surface area contributed by atoms with Gasteiger partial charge in [0.2, 0.25) is 0 Å². The Kier molecular flexibility index (Phi) is 12.3. The summed E-state index contributed by atoms with van der Waals surface area (Å²) in [6.45, 7) is 6.28. The van der Waals surface area contributed by atoms with E-state index < -0.39 is 0 Å². The third-order valence-electron chi connectivity index (χ3n) is 3.48. The molecule has 3 heteroatoms. The summed E-state index contributed by atoms with van der Waals surface area (Å²) in [5.41, 5.74) is 0. The first-order valence-corrected chi connectivity index (χ1v) is 7.20. The van der Waals surface area contributed by atoms with Gasteiger partial charge < -0.3 is 15.4 Å². The zero-order valence-electron chi connectivity index (χ0n) is 12.2. The Morgan fingerprint density at radius 3 is 1.53 bits per heavy atom. The van der Waals surface area contributed by atoms with E-state index in [1.807, 2.05) is 14.1 Å². The van der Waals surface area contributed by atoms with E-state index in [-0.39, 0.29) is 0 Å². The highest BCUT2D eigenvalue weighted by Crippen LogP contribution is 2.03. The van der Waals surface area contributed by atoms with E-state index in [2.05, 4.69) is 24.5 Å². The van der Waals surface area contributed by atoms with Crippen molar-refractivity contribution in [1.29, 1.82) is 0 Å². The maximum Gasteiger partial charge on any atom is 0.0466 e. The summed E-state index contributed by atoms with van der Waals surface area (Å²) in [7, 11) is 4.08. The fourth-order valence-corrected chi connectivity index (χ4v) is 2.07. The molecule has 0 aliphatic heterocycles. The van der Waals surface area contributed by atoms with Crippen LogP contribution in [0.2, 0.25) is 0 Å². The fraction of sp³-hybridized carbons (Fsp3) is 1.00. The van der Waals surface area contributed by atoms with Gasteiger partial charge in [0, 0.05) is 25.3 Å². The normalized spacial score (nSPS) is 14.8. The summed E-state index contributed by atoms with van der Waals surface area (Å²) < 4.78 is 5.66. The monoisotopic (exact) mass is 244 g/mol. The Balaban J connectivity index is 3.23. The summed E-state index contributed by atoms with van der Waals surface area (Å²) in [4.78, 5) is 0. The Labute approximate surface area is 108 Å². The first kappa shape index (κ1) is 16.9. The zero-order chi connectivity index (χ0) is 12.9. The van der Waals surface area contributed by atoms with E-state index in [1.165, 1.54) is 38.5 Å². The summed E-state index contributed by atoms with van der Waals surface area (Å²) in [6.07, 6.45) is 7.20. The Bertz CT molecular complexity index is 129. The molecule has 17 heavy (non-hydrogen) atoms. The van der Waals surface area contributed by atoms with Crippen molar-refractivity contribution in [2.24, 2.45) is 0 Å². The smallest absolute Gasteiger partial charge is 0.0466 e. The summed E-state index contributed by atoms with van der Waals surface area (Å²) in [5.74, 6) is 0. The van der Waals surface area contributed by atoms with Crippen molar-refractivity contribution >= 4 is 0 Å². The highest BCUT2D eigenvalue weighted by atomic mass is 16.5. The van der Waals surface area contributed by atoms with E-state index in [9.17, 15) is 0 Å². The predicted molar refractivity (Wildman–Crippen MR) is 75.6 cm³/mol. The molecular weight excluding hydrogens is 212 g/mol. The van der Waals surface area contributed by atoms with Gasteiger partial charge in [0.1, 0.15) is 0 Å². The summed E-state index contributed by atoms with van der Waals surface area (Å²) >= 11 is 0. The van der Waals surface area contributed by atoms with Crippen LogP contribution < -0.4 is 10.6 Å². The van der Waals surface area contributed by atoms with E-state index in [1.54, 1.807) is 0 Å². The second kappa shape index (κ2) is 12.3. The minimum absolute atomic E-state index is 0.660. The zero-order valence-corrected chi connectivity index (χ0v) is 12.2. The van der Waals surface area contributed by atoms with Crippen LogP contribution in [-0.4, -0.2) is 39.4 Å². The van der Waals surface area contributed by atoms with E-state index in [4.69, 9.17) is 4.74 Å². The molecule has 0 amide bonds. The van der Waals surface area contributed by atoms with Gasteiger partial charge in [-0.1, -0.05) is 13.8 Å². The minimum Gasteiger partial charge on any atom is -0.381 e. The standard InChI is InChI=1S/C14H32N2O/c1-5-13(15-3)9-7-11-17-12-8-10-14(6-2)16-4/h13-16H,5-12H2,1-4H3. The lowest BCUT2D eigenvalue weighted by atomic mass is 10.1. The molecule has 0 heterocycles. The lowest BCUT2D eigenvalue weighted by Crippen LogP contribution is -2.25. The van der Waals surface area contributed by atoms with Crippen molar-refractivity contribution in [2.75, 3.05) is 27.3 Å². The van der Waals surface area contributed by atoms with Crippen LogP contribution in [0.25, 0.3) is 0 Å². The van der Waals surface area contributed by atoms with E-state index >= 15 is 0 Å². The first-order chi connectivity index (χ1) is 8.28. The van der Waals surface area contributed by atoms with Crippen LogP contribution in [0.15, 0.2) is 0 Å². The van der Waals surface area contributed by atoms with Crippen molar-refractivity contribution in [3.63, 3.8) is 0 Å². The van der Waals surface area contributed by atoms with Gasteiger partial charge in [0.25, 0.3) is 0 Å². The molecule has 0 aromatic heterocycles. The van der Waals surface area contributed by atoms with E-state index in [0.717, 1.165) is 13.2 Å². The third-order valence-corrected chi connectivity index (χ3v) is 3.48. The molecule has 0 radical (unpaired) electrons. The lowest BCUT2D eigenvalue weighted by Gasteiger charge is -2.14. The minimum atomic E-state index is 0.660. The van der Waals surface area contributed by atoms with Crippen molar-refractivity contribution in [3.8, 4) is 0 Å². The molecule has 0 aliphatic carbocycles. The van der Waals surface area contributed by atoms with Gasteiger partial charge in [-0.05, 0) is 52.6 Å². The molecule has 0 spiro atoms. The van der Waals surface area contributed by atoms with Crippen LogP contribution in [0.3, 0.4) is 0 Å². The molecule has 0 aromatic carbocycles. The molecule has 2 atom stereocenters. The average Bonchev–Trinajstić information content (AvgIpc) is 2.37. The van der Waals surface area contributed by atoms with Crippen LogP contribution in [0.4, 0.5) is 0 Å². The topological polar surface area (TPSA) is 33.3 Å². The molecule has 0 fully saturated rings. The summed E-state index contributed by atoms with van der Waals surface area (Å²) in [5, 5.41) is 6.64. The molecular formula is C14H32N2O. The molecule has 0 rings (SSSR count). The quantitative estimate of drug-likeness (QED) is 0.518. The van der Waals surface area contributed by atoms with Gasteiger partial charge in [-0.25, -0.2) is 0 Å². The number of rotatable bonds is 12. The van der Waals surface area contributed by atoms with E-state index in [0.29, 0.717) is 12.1 Å². The summed E-state index contributed by atoms with van der Waals surface area (Å²) in [6, 6.07) is 1.32. The molecule has 0 saturated heterocycles. The predicted octanol–water partition coefficient (Wildman–Crippen LogP) is 2.56. The highest BCUT2D eigenvalue weighted by molar-refractivity contribution is 4.62. The number of ether oxygens (including phenoxy) is 1. The molecule has 0 saturated carbocycles. The molecule has 3 nitrogen and oxygen atoms in total. The van der Waals surface area contributed by atoms with Gasteiger partial charge in [0.15, 0.2) is 0 Å². The first-order valence-electron chi connectivity index (χ1n) is 7.20. The van der Waals surface area contributed by atoms with Crippen molar-refractivity contribution in [3.05, 3.63) is 0 Å². The van der Waals surface area contributed by atoms with Gasteiger partial charge in [-0.15, -0.1) is 0 Å². The Morgan fingerprint density at radius 2 is 1.24 bits per heavy atom. The SMILES string of the molecule is CCC(CCCOCCCC(CC)NC)NC. The van der Waals surface area contributed by atoms with Crippen molar-refractivity contribution < 1.29 is 4.74 Å². The third kappa shape index (κ3) is 9.57. The number of hydrogen-bond acceptors (Lipinski definition) is 3. The molecule has 0 bridgehead atoms. The Morgan fingerprint density at radius 1 is 0.824 bits per heavy atom. The Hall–Kier alpha value is -0.120. The van der Waals surface area contributed by atoms with Gasteiger partial charge in [0.05, 0.1) is 0 Å². The maximum absolute atomic E-state index is 5.66. The average molecular weight is 244 g/mol. The lowest BCUT2D eigenvalue weighted by molar-refractivity contribution is 0.122. The second-order valence-electron chi connectivity index (χ2n) is 4.68. The fourth-order valence-electron chi connectivity index (χ4n) is 2.07. The van der Waals surface area contributed by atoms with Crippen molar-refractivity contribution in [1.82, 2.24) is 10.6 Å². The van der Waals surface area contributed by atoms with Crippen LogP contribution in [-0.2, 0) is 4.74 Å². The molecule has 0 aliphatic rings. The van der Waals surface area contributed by atoms with Gasteiger partial charge in [-0.3, -0.25) is 0 Å². The molecule has 2 unspecified atom stereocenters. The van der Waals surface area contributed by atoms with Crippen LogP contribution in [0.5, 0.6) is 0 Å². The van der Waals surface area contributed by atoms with Crippen LogP contribution in [0.1, 0.15) is 52.4 Å². The highest BCUT2D eigenvalue weighted by Gasteiger charge is 2.03. The number of nitrogens with one attached hydrogen (secondary N) is 2. The molecule has 2 N–H and O–H groups in total. The maximum atomic E-state index is 5.66. The largest absolute Gasteiger partial charge is 0.381 e. The van der Waals surface area contributed by atoms with Crippen molar-refractivity contribution in [2.45, 2.75) is 64.5 Å². The van der Waals surface area contributed by atoms with Gasteiger partial charge >= 0.3 is 0 Å². The molecule has 104 valence electrons.